The summed E-state index contributed by atoms with van der Waals surface area (Å²) < 4.78 is 81.4. The van der Waals surface area contributed by atoms with Gasteiger partial charge in [-0.2, -0.15) is 12.7 Å². The Morgan fingerprint density at radius 2 is 1.91 bits per heavy atom. The molecule has 1 aromatic carbocycles. The number of nitrogens with one attached hydrogen (secondary N) is 1. The van der Waals surface area contributed by atoms with Crippen molar-refractivity contribution in [2.45, 2.75) is 31.5 Å². The van der Waals surface area contributed by atoms with Crippen LogP contribution in [-0.2, 0) is 26.0 Å². The fraction of sp³-hybridized carbons (Fsp3) is 0.438. The first-order chi connectivity index (χ1) is 14.8. The molecule has 2 rings (SSSR count). The Labute approximate surface area is 185 Å². The molecule has 178 valence electrons. The van der Waals surface area contributed by atoms with Gasteiger partial charge in [0.2, 0.25) is 0 Å². The third-order valence-corrected chi connectivity index (χ3v) is 5.98. The zero-order chi connectivity index (χ0) is 24.1. The summed E-state index contributed by atoms with van der Waals surface area (Å²) >= 11 is 0. The van der Waals surface area contributed by atoms with E-state index in [9.17, 15) is 25.8 Å². The van der Waals surface area contributed by atoms with Gasteiger partial charge in [0.25, 0.3) is 5.16 Å². The Balaban J connectivity index is 2.16. The van der Waals surface area contributed by atoms with Gasteiger partial charge in [0.1, 0.15) is 23.9 Å². The Hall–Kier alpha value is -2.56. The normalized spacial score (nSPS) is 14.1. The first-order valence-electron chi connectivity index (χ1n) is 8.88. The average molecular weight is 499 g/mol. The highest BCUT2D eigenvalue weighted by Crippen LogP contribution is 2.23. The molecule has 0 bridgehead atoms. The standard InChI is InChI=1S/C16H21F3N6O5S2/c1-11(2)30-23-14(12-5-7-13(8-6-12)29-16(17,18)19)9-21-31(26)15-20-10-25(22-15)32(27,28)24(3)4/h5-8,10-11,21H,9H2,1-4H3/b23-14+. The van der Waals surface area contributed by atoms with Crippen molar-refractivity contribution in [3.8, 4) is 5.75 Å². The van der Waals surface area contributed by atoms with Crippen LogP contribution in [0.3, 0.4) is 0 Å². The predicted molar refractivity (Wildman–Crippen MR) is 108 cm³/mol. The summed E-state index contributed by atoms with van der Waals surface area (Å²) in [7, 11) is -3.34. The number of aromatic nitrogens is 3. The first-order valence-corrected chi connectivity index (χ1v) is 11.4. The number of ether oxygens (including phenoxy) is 1. The summed E-state index contributed by atoms with van der Waals surface area (Å²) in [6.07, 6.45) is -4.22. The first kappa shape index (κ1) is 25.7. The van der Waals surface area contributed by atoms with E-state index in [1.807, 2.05) is 0 Å². The molecule has 1 N–H and O–H groups in total. The van der Waals surface area contributed by atoms with Crippen molar-refractivity contribution in [1.82, 2.24) is 23.2 Å². The zero-order valence-corrected chi connectivity index (χ0v) is 19.0. The molecule has 0 fully saturated rings. The van der Waals surface area contributed by atoms with Crippen LogP contribution in [0.1, 0.15) is 19.4 Å². The molecule has 0 saturated heterocycles. The van der Waals surface area contributed by atoms with E-state index in [-0.39, 0.29) is 23.5 Å². The van der Waals surface area contributed by atoms with Crippen molar-refractivity contribution in [3.05, 3.63) is 36.2 Å². The van der Waals surface area contributed by atoms with E-state index in [0.717, 1.165) is 22.8 Å². The molecule has 0 radical (unpaired) electrons. The van der Waals surface area contributed by atoms with E-state index in [0.29, 0.717) is 9.65 Å². The molecule has 0 aliphatic carbocycles. The summed E-state index contributed by atoms with van der Waals surface area (Å²) in [4.78, 5) is 8.92. The Bertz CT molecular complexity index is 1070. The van der Waals surface area contributed by atoms with Crippen molar-refractivity contribution in [2.24, 2.45) is 5.16 Å². The minimum Gasteiger partial charge on any atom is -0.406 e. The fourth-order valence-electron chi connectivity index (χ4n) is 2.00. The summed E-state index contributed by atoms with van der Waals surface area (Å²) in [5, 5.41) is 7.33. The Morgan fingerprint density at radius 1 is 1.28 bits per heavy atom. The van der Waals surface area contributed by atoms with Gasteiger partial charge in [0.15, 0.2) is 11.0 Å². The lowest BCUT2D eigenvalue weighted by molar-refractivity contribution is -0.274. The van der Waals surface area contributed by atoms with Gasteiger partial charge < -0.3 is 9.57 Å². The summed E-state index contributed by atoms with van der Waals surface area (Å²) in [5.74, 6) is -0.418. The second-order valence-corrected chi connectivity index (χ2v) is 9.74. The van der Waals surface area contributed by atoms with Crippen LogP contribution < -0.4 is 9.46 Å². The van der Waals surface area contributed by atoms with E-state index < -0.39 is 33.3 Å². The van der Waals surface area contributed by atoms with Crippen LogP contribution in [0.5, 0.6) is 5.75 Å². The smallest absolute Gasteiger partial charge is 0.406 e. The van der Waals surface area contributed by atoms with E-state index in [2.05, 4.69) is 24.7 Å². The number of rotatable bonds is 10. The lowest BCUT2D eigenvalue weighted by atomic mass is 10.1. The van der Waals surface area contributed by atoms with Crippen molar-refractivity contribution in [2.75, 3.05) is 20.6 Å². The SMILES string of the molecule is CC(C)O/N=C(\CNS(=O)c1ncn(S(=O)(=O)N(C)C)n1)c1ccc(OC(F)(F)F)cc1. The van der Waals surface area contributed by atoms with Gasteiger partial charge in [-0.15, -0.1) is 22.4 Å². The molecule has 0 aliphatic rings. The third kappa shape index (κ3) is 7.25. The molecule has 11 nitrogen and oxygen atoms in total. The maximum Gasteiger partial charge on any atom is 0.573 e. The second-order valence-electron chi connectivity index (χ2n) is 6.54. The molecule has 32 heavy (non-hydrogen) atoms. The van der Waals surface area contributed by atoms with Gasteiger partial charge in [-0.25, -0.2) is 13.9 Å². The molecule has 16 heteroatoms. The number of halogens is 3. The van der Waals surface area contributed by atoms with Gasteiger partial charge in [-0.3, -0.25) is 0 Å². The maximum atomic E-state index is 12.5. The van der Waals surface area contributed by atoms with Crippen LogP contribution in [0.15, 0.2) is 40.9 Å². The zero-order valence-electron chi connectivity index (χ0n) is 17.4. The van der Waals surface area contributed by atoms with Crippen LogP contribution in [0.4, 0.5) is 13.2 Å². The molecule has 1 heterocycles. The fourth-order valence-corrected chi connectivity index (χ4v) is 3.44. The van der Waals surface area contributed by atoms with Crippen molar-refractivity contribution >= 4 is 26.9 Å². The number of hydrogen-bond acceptors (Lipinski definition) is 8. The van der Waals surface area contributed by atoms with Crippen LogP contribution in [-0.4, -0.2) is 69.9 Å². The molecule has 1 unspecified atom stereocenters. The van der Waals surface area contributed by atoms with Crippen molar-refractivity contribution < 1.29 is 35.4 Å². The summed E-state index contributed by atoms with van der Waals surface area (Å²) in [6.45, 7) is 3.28. The molecule has 2 aromatic rings. The van der Waals surface area contributed by atoms with Crippen LogP contribution >= 0.6 is 0 Å². The molecule has 0 amide bonds. The van der Waals surface area contributed by atoms with Gasteiger partial charge in [-0.05, 0) is 38.1 Å². The van der Waals surface area contributed by atoms with Crippen LogP contribution in [0.2, 0.25) is 0 Å². The quantitative estimate of drug-likeness (QED) is 0.386. The monoisotopic (exact) mass is 498 g/mol. The number of oxime groups is 1. The van der Waals surface area contributed by atoms with Gasteiger partial charge in [-0.1, -0.05) is 5.16 Å². The highest BCUT2D eigenvalue weighted by atomic mass is 32.2. The molecular formula is C16H21F3N6O5S2. The van der Waals surface area contributed by atoms with E-state index in [1.165, 1.54) is 26.2 Å². The topological polar surface area (TPSA) is 128 Å². The highest BCUT2D eigenvalue weighted by molar-refractivity contribution is 7.87. The number of benzene rings is 1. The van der Waals surface area contributed by atoms with E-state index in [4.69, 9.17) is 4.84 Å². The predicted octanol–water partition coefficient (Wildman–Crippen LogP) is 1.27. The number of hydrogen-bond donors (Lipinski definition) is 1. The molecule has 0 spiro atoms. The second kappa shape index (κ2) is 10.4. The van der Waals surface area contributed by atoms with E-state index >= 15 is 0 Å². The molecular weight excluding hydrogens is 477 g/mol. The Kier molecular flexibility index (Phi) is 8.33. The highest BCUT2D eigenvalue weighted by Gasteiger charge is 2.31. The molecule has 0 saturated carbocycles. The average Bonchev–Trinajstić information content (AvgIpc) is 3.18. The van der Waals surface area contributed by atoms with Gasteiger partial charge >= 0.3 is 16.6 Å². The Morgan fingerprint density at radius 3 is 2.44 bits per heavy atom. The number of alkyl halides is 3. The molecule has 1 atom stereocenters. The minimum atomic E-state index is -4.83. The lowest BCUT2D eigenvalue weighted by Crippen LogP contribution is -2.30. The molecule has 1 aromatic heterocycles. The minimum absolute atomic E-state index is 0.159. The van der Waals surface area contributed by atoms with Gasteiger partial charge in [0.05, 0.1) is 6.54 Å². The van der Waals surface area contributed by atoms with Crippen LogP contribution in [0, 0.1) is 0 Å². The lowest BCUT2D eigenvalue weighted by Gasteiger charge is -2.11. The van der Waals surface area contributed by atoms with Crippen molar-refractivity contribution in [3.63, 3.8) is 0 Å². The van der Waals surface area contributed by atoms with Crippen LogP contribution in [0.25, 0.3) is 0 Å². The summed E-state index contributed by atoms with van der Waals surface area (Å²) in [6, 6.07) is 4.84. The summed E-state index contributed by atoms with van der Waals surface area (Å²) in [5.41, 5.74) is 0.587. The third-order valence-electron chi connectivity index (χ3n) is 3.48. The number of nitrogens with zero attached hydrogens (tertiary/aromatic N) is 5. The maximum absolute atomic E-state index is 12.5. The van der Waals surface area contributed by atoms with E-state index in [1.54, 1.807) is 13.8 Å². The van der Waals surface area contributed by atoms with Crippen molar-refractivity contribution in [1.29, 1.82) is 0 Å². The van der Waals surface area contributed by atoms with Gasteiger partial charge in [0, 0.05) is 19.7 Å². The largest absolute Gasteiger partial charge is 0.573 e. The molecule has 0 aliphatic heterocycles.